The number of methoxy groups -OCH3 is 1. The van der Waals surface area contributed by atoms with Gasteiger partial charge in [0.25, 0.3) is 0 Å². The van der Waals surface area contributed by atoms with Gasteiger partial charge in [0.05, 0.1) is 7.11 Å². The number of phenols is 1. The summed E-state index contributed by atoms with van der Waals surface area (Å²) in [7, 11) is 1.58. The standard InChI is InChI=1S/C11H15NO2/c1-14-8-3-4-9(10(13)7-8)11(12)5-2-6-11/h3-4,7,13H,2,5-6,12H2,1H3. The van der Waals surface area contributed by atoms with E-state index in [2.05, 4.69) is 0 Å². The maximum atomic E-state index is 9.76. The van der Waals surface area contributed by atoms with E-state index in [0.717, 1.165) is 24.8 Å². The number of phenolic OH excluding ortho intramolecular Hbond substituents is 1. The maximum absolute atomic E-state index is 9.76. The average molecular weight is 193 g/mol. The van der Waals surface area contributed by atoms with E-state index >= 15 is 0 Å². The SMILES string of the molecule is COc1ccc(C2(N)CCC2)c(O)c1. The summed E-state index contributed by atoms with van der Waals surface area (Å²) in [6.07, 6.45) is 3.04. The molecule has 1 aliphatic rings. The van der Waals surface area contributed by atoms with Crippen LogP contribution in [-0.2, 0) is 5.54 Å². The lowest BCUT2D eigenvalue weighted by Crippen LogP contribution is -2.43. The van der Waals surface area contributed by atoms with E-state index in [4.69, 9.17) is 10.5 Å². The van der Waals surface area contributed by atoms with Crippen molar-refractivity contribution in [1.29, 1.82) is 0 Å². The average Bonchev–Trinajstić information content (AvgIpc) is 2.14. The molecular weight excluding hydrogens is 178 g/mol. The molecule has 2 rings (SSSR count). The van der Waals surface area contributed by atoms with Crippen LogP contribution in [0.2, 0.25) is 0 Å². The van der Waals surface area contributed by atoms with E-state index in [1.807, 2.05) is 12.1 Å². The zero-order valence-electron chi connectivity index (χ0n) is 8.29. The molecule has 0 heterocycles. The molecule has 0 unspecified atom stereocenters. The van der Waals surface area contributed by atoms with Crippen molar-refractivity contribution < 1.29 is 9.84 Å². The van der Waals surface area contributed by atoms with Gasteiger partial charge in [-0.05, 0) is 31.4 Å². The first-order valence-electron chi connectivity index (χ1n) is 4.82. The normalized spacial score (nSPS) is 18.7. The van der Waals surface area contributed by atoms with Crippen molar-refractivity contribution in [2.45, 2.75) is 24.8 Å². The minimum Gasteiger partial charge on any atom is -0.507 e. The minimum absolute atomic E-state index is 0.242. The molecule has 1 saturated carbocycles. The van der Waals surface area contributed by atoms with Crippen molar-refractivity contribution in [2.24, 2.45) is 5.73 Å². The molecule has 3 nitrogen and oxygen atoms in total. The Kier molecular flexibility index (Phi) is 2.11. The van der Waals surface area contributed by atoms with Gasteiger partial charge in [-0.25, -0.2) is 0 Å². The molecule has 0 spiro atoms. The monoisotopic (exact) mass is 193 g/mol. The highest BCUT2D eigenvalue weighted by Crippen LogP contribution is 2.43. The Hall–Kier alpha value is -1.22. The van der Waals surface area contributed by atoms with Gasteiger partial charge < -0.3 is 15.6 Å². The van der Waals surface area contributed by atoms with Crippen LogP contribution in [-0.4, -0.2) is 12.2 Å². The molecule has 0 amide bonds. The third kappa shape index (κ3) is 1.34. The smallest absolute Gasteiger partial charge is 0.124 e. The molecule has 1 aliphatic carbocycles. The molecular formula is C11H15NO2. The molecule has 0 atom stereocenters. The van der Waals surface area contributed by atoms with Crippen molar-refractivity contribution in [2.75, 3.05) is 7.11 Å². The summed E-state index contributed by atoms with van der Waals surface area (Å²) in [5, 5.41) is 9.76. The van der Waals surface area contributed by atoms with Gasteiger partial charge >= 0.3 is 0 Å². The third-order valence-corrected chi connectivity index (χ3v) is 2.99. The number of rotatable bonds is 2. The van der Waals surface area contributed by atoms with Crippen LogP contribution < -0.4 is 10.5 Å². The summed E-state index contributed by atoms with van der Waals surface area (Å²) < 4.78 is 5.01. The number of benzene rings is 1. The van der Waals surface area contributed by atoms with Crippen molar-refractivity contribution in [3.05, 3.63) is 23.8 Å². The molecule has 1 aromatic rings. The van der Waals surface area contributed by atoms with Crippen LogP contribution in [0.3, 0.4) is 0 Å². The third-order valence-electron chi connectivity index (χ3n) is 2.99. The fourth-order valence-corrected chi connectivity index (χ4v) is 1.89. The molecule has 14 heavy (non-hydrogen) atoms. The summed E-state index contributed by atoms with van der Waals surface area (Å²) >= 11 is 0. The highest BCUT2D eigenvalue weighted by molar-refractivity contribution is 5.44. The van der Waals surface area contributed by atoms with Crippen LogP contribution in [0.25, 0.3) is 0 Å². The molecule has 3 N–H and O–H groups in total. The van der Waals surface area contributed by atoms with E-state index < -0.39 is 0 Å². The molecule has 0 aliphatic heterocycles. The van der Waals surface area contributed by atoms with E-state index in [9.17, 15) is 5.11 Å². The Morgan fingerprint density at radius 1 is 1.43 bits per heavy atom. The van der Waals surface area contributed by atoms with Crippen molar-refractivity contribution in [3.8, 4) is 11.5 Å². The van der Waals surface area contributed by atoms with Gasteiger partial charge in [-0.2, -0.15) is 0 Å². The van der Waals surface area contributed by atoms with Gasteiger partial charge in [0.2, 0.25) is 0 Å². The summed E-state index contributed by atoms with van der Waals surface area (Å²) in [6.45, 7) is 0. The zero-order valence-corrected chi connectivity index (χ0v) is 8.29. The number of hydrogen-bond acceptors (Lipinski definition) is 3. The van der Waals surface area contributed by atoms with Gasteiger partial charge in [0.15, 0.2) is 0 Å². The molecule has 1 aromatic carbocycles. The quantitative estimate of drug-likeness (QED) is 0.752. The van der Waals surface area contributed by atoms with E-state index in [1.165, 1.54) is 0 Å². The van der Waals surface area contributed by atoms with Crippen LogP contribution in [0.15, 0.2) is 18.2 Å². The van der Waals surface area contributed by atoms with Crippen LogP contribution in [0.1, 0.15) is 24.8 Å². The summed E-state index contributed by atoms with van der Waals surface area (Å²) in [4.78, 5) is 0. The van der Waals surface area contributed by atoms with Crippen molar-refractivity contribution >= 4 is 0 Å². The van der Waals surface area contributed by atoms with Crippen molar-refractivity contribution in [3.63, 3.8) is 0 Å². The maximum Gasteiger partial charge on any atom is 0.124 e. The first-order chi connectivity index (χ1) is 6.65. The fourth-order valence-electron chi connectivity index (χ4n) is 1.89. The second kappa shape index (κ2) is 3.17. The molecule has 1 fully saturated rings. The van der Waals surface area contributed by atoms with Crippen LogP contribution >= 0.6 is 0 Å². The second-order valence-corrected chi connectivity index (χ2v) is 3.89. The lowest BCUT2D eigenvalue weighted by atomic mass is 9.72. The van der Waals surface area contributed by atoms with E-state index in [0.29, 0.717) is 5.75 Å². The Balaban J connectivity index is 2.35. The molecule has 0 radical (unpaired) electrons. The summed E-state index contributed by atoms with van der Waals surface area (Å²) in [6, 6.07) is 5.30. The fraction of sp³-hybridized carbons (Fsp3) is 0.455. The highest BCUT2D eigenvalue weighted by atomic mass is 16.5. The van der Waals surface area contributed by atoms with Crippen LogP contribution in [0.5, 0.6) is 11.5 Å². The van der Waals surface area contributed by atoms with Gasteiger partial charge in [-0.1, -0.05) is 0 Å². The van der Waals surface area contributed by atoms with Gasteiger partial charge in [-0.3, -0.25) is 0 Å². The number of nitrogens with two attached hydrogens (primary N) is 1. The lowest BCUT2D eigenvalue weighted by molar-refractivity contribution is 0.245. The van der Waals surface area contributed by atoms with Gasteiger partial charge in [0.1, 0.15) is 11.5 Å². The minimum atomic E-state index is -0.309. The first-order valence-corrected chi connectivity index (χ1v) is 4.82. The van der Waals surface area contributed by atoms with Gasteiger partial charge in [-0.15, -0.1) is 0 Å². The predicted octanol–water partition coefficient (Wildman–Crippen LogP) is 1.74. The second-order valence-electron chi connectivity index (χ2n) is 3.89. The van der Waals surface area contributed by atoms with Crippen LogP contribution in [0.4, 0.5) is 0 Å². The first kappa shape index (κ1) is 9.34. The number of ether oxygens (including phenoxy) is 1. The Bertz CT molecular complexity index is 345. The largest absolute Gasteiger partial charge is 0.507 e. The van der Waals surface area contributed by atoms with Gasteiger partial charge in [0, 0.05) is 17.2 Å². The topological polar surface area (TPSA) is 55.5 Å². The zero-order chi connectivity index (χ0) is 10.2. The Labute approximate surface area is 83.5 Å². The lowest BCUT2D eigenvalue weighted by Gasteiger charge is -2.38. The molecule has 0 saturated heterocycles. The molecule has 76 valence electrons. The Morgan fingerprint density at radius 3 is 2.57 bits per heavy atom. The van der Waals surface area contributed by atoms with Crippen LogP contribution in [0, 0.1) is 0 Å². The van der Waals surface area contributed by atoms with E-state index in [1.54, 1.807) is 13.2 Å². The number of hydrogen-bond donors (Lipinski definition) is 2. The summed E-state index contributed by atoms with van der Waals surface area (Å²) in [5.41, 5.74) is 6.64. The van der Waals surface area contributed by atoms with Crippen molar-refractivity contribution in [1.82, 2.24) is 0 Å². The Morgan fingerprint density at radius 2 is 2.14 bits per heavy atom. The molecule has 0 aromatic heterocycles. The number of aromatic hydroxyl groups is 1. The molecule has 0 bridgehead atoms. The highest BCUT2D eigenvalue weighted by Gasteiger charge is 2.36. The van der Waals surface area contributed by atoms with E-state index in [-0.39, 0.29) is 11.3 Å². The summed E-state index contributed by atoms with van der Waals surface area (Å²) in [5.74, 6) is 0.903. The predicted molar refractivity (Wildman–Crippen MR) is 54.4 cm³/mol. The molecule has 3 heteroatoms.